The van der Waals surface area contributed by atoms with Crippen LogP contribution in [0.5, 0.6) is 0 Å². The van der Waals surface area contributed by atoms with Crippen LogP contribution in [0.15, 0.2) is 12.1 Å². The van der Waals surface area contributed by atoms with Gasteiger partial charge in [-0.15, -0.1) is 0 Å². The van der Waals surface area contributed by atoms with Crippen molar-refractivity contribution >= 4 is 0 Å². The van der Waals surface area contributed by atoms with Crippen LogP contribution in [0.3, 0.4) is 0 Å². The van der Waals surface area contributed by atoms with Crippen molar-refractivity contribution in [2.45, 2.75) is 53.2 Å². The molecular formula is C17H27NO. The van der Waals surface area contributed by atoms with E-state index in [-0.39, 0.29) is 6.10 Å². The van der Waals surface area contributed by atoms with Gasteiger partial charge in [0.25, 0.3) is 0 Å². The maximum atomic E-state index is 6.11. The van der Waals surface area contributed by atoms with Crippen LogP contribution in [0.4, 0.5) is 0 Å². The van der Waals surface area contributed by atoms with Gasteiger partial charge in [0.15, 0.2) is 0 Å². The second-order valence-corrected chi connectivity index (χ2v) is 6.22. The van der Waals surface area contributed by atoms with E-state index in [1.165, 1.54) is 22.3 Å². The number of benzene rings is 1. The zero-order valence-electron chi connectivity index (χ0n) is 12.9. The van der Waals surface area contributed by atoms with Gasteiger partial charge in [-0.2, -0.15) is 0 Å². The number of hydrogen-bond donors (Lipinski definition) is 1. The highest BCUT2D eigenvalue weighted by atomic mass is 16.5. The molecule has 1 aromatic carbocycles. The molecule has 2 nitrogen and oxygen atoms in total. The van der Waals surface area contributed by atoms with Crippen molar-refractivity contribution in [2.24, 2.45) is 5.92 Å². The lowest BCUT2D eigenvalue weighted by Crippen LogP contribution is -2.34. The van der Waals surface area contributed by atoms with Gasteiger partial charge in [0.05, 0.1) is 6.10 Å². The Hall–Kier alpha value is -0.860. The third-order valence-electron chi connectivity index (χ3n) is 4.18. The summed E-state index contributed by atoms with van der Waals surface area (Å²) in [6, 6.07) is 5.10. The lowest BCUT2D eigenvalue weighted by atomic mass is 9.95. The van der Waals surface area contributed by atoms with Crippen LogP contribution in [0.2, 0.25) is 0 Å². The lowest BCUT2D eigenvalue weighted by Gasteiger charge is -2.22. The van der Waals surface area contributed by atoms with E-state index in [0.717, 1.165) is 19.6 Å². The fourth-order valence-corrected chi connectivity index (χ4v) is 3.21. The molecule has 0 aliphatic carbocycles. The van der Waals surface area contributed by atoms with E-state index < -0.39 is 0 Å². The highest BCUT2D eigenvalue weighted by molar-refractivity contribution is 5.39. The third-order valence-corrected chi connectivity index (χ3v) is 4.18. The van der Waals surface area contributed by atoms with Crippen molar-refractivity contribution in [3.05, 3.63) is 34.4 Å². The molecule has 1 aliphatic heterocycles. The standard InChI is InChI=1S/C17H27NO/c1-11(2)15-6-7-19-16(10-18-15)17-13(4)8-12(3)9-14(17)5/h8-9,11,15-16,18H,6-7,10H2,1-5H3. The van der Waals surface area contributed by atoms with Crippen LogP contribution in [-0.4, -0.2) is 19.2 Å². The van der Waals surface area contributed by atoms with Gasteiger partial charge in [-0.05, 0) is 49.8 Å². The molecule has 2 atom stereocenters. The van der Waals surface area contributed by atoms with E-state index >= 15 is 0 Å². The summed E-state index contributed by atoms with van der Waals surface area (Å²) in [5, 5.41) is 3.67. The molecule has 0 amide bonds. The Bertz CT molecular complexity index is 416. The van der Waals surface area contributed by atoms with Crippen molar-refractivity contribution in [3.8, 4) is 0 Å². The fourth-order valence-electron chi connectivity index (χ4n) is 3.21. The van der Waals surface area contributed by atoms with Crippen LogP contribution in [0.25, 0.3) is 0 Å². The topological polar surface area (TPSA) is 21.3 Å². The summed E-state index contributed by atoms with van der Waals surface area (Å²) in [5.41, 5.74) is 5.42. The first-order valence-electron chi connectivity index (χ1n) is 7.41. The van der Waals surface area contributed by atoms with E-state index in [1.807, 2.05) is 0 Å². The van der Waals surface area contributed by atoms with Crippen LogP contribution in [0, 0.1) is 26.7 Å². The molecule has 0 aromatic heterocycles. The van der Waals surface area contributed by atoms with Gasteiger partial charge in [0.2, 0.25) is 0 Å². The van der Waals surface area contributed by atoms with E-state index in [0.29, 0.717) is 12.0 Å². The Morgan fingerprint density at radius 1 is 1.16 bits per heavy atom. The zero-order chi connectivity index (χ0) is 14.0. The van der Waals surface area contributed by atoms with Gasteiger partial charge < -0.3 is 10.1 Å². The number of aryl methyl sites for hydroxylation is 3. The van der Waals surface area contributed by atoms with Gasteiger partial charge in [-0.1, -0.05) is 31.5 Å². The van der Waals surface area contributed by atoms with Crippen molar-refractivity contribution in [1.29, 1.82) is 0 Å². The zero-order valence-corrected chi connectivity index (χ0v) is 12.9. The molecule has 0 bridgehead atoms. The van der Waals surface area contributed by atoms with E-state index in [2.05, 4.69) is 52.1 Å². The van der Waals surface area contributed by atoms with Crippen LogP contribution >= 0.6 is 0 Å². The molecule has 0 radical (unpaired) electrons. The summed E-state index contributed by atoms with van der Waals surface area (Å²) in [6.45, 7) is 12.9. The minimum absolute atomic E-state index is 0.198. The molecular weight excluding hydrogens is 234 g/mol. The third kappa shape index (κ3) is 3.37. The van der Waals surface area contributed by atoms with E-state index in [4.69, 9.17) is 4.74 Å². The molecule has 0 saturated carbocycles. The van der Waals surface area contributed by atoms with Crippen LogP contribution in [-0.2, 0) is 4.74 Å². The molecule has 1 aromatic rings. The maximum Gasteiger partial charge on any atom is 0.0954 e. The molecule has 0 spiro atoms. The molecule has 106 valence electrons. The van der Waals surface area contributed by atoms with Crippen molar-refractivity contribution < 1.29 is 4.74 Å². The Balaban J connectivity index is 2.19. The molecule has 1 fully saturated rings. The first-order chi connectivity index (χ1) is 8.99. The molecule has 2 unspecified atom stereocenters. The minimum atomic E-state index is 0.198. The number of ether oxygens (including phenoxy) is 1. The average Bonchev–Trinajstić information content (AvgIpc) is 2.53. The van der Waals surface area contributed by atoms with Crippen molar-refractivity contribution in [2.75, 3.05) is 13.2 Å². The normalized spacial score (nSPS) is 24.5. The van der Waals surface area contributed by atoms with Gasteiger partial charge >= 0.3 is 0 Å². The predicted octanol–water partition coefficient (Wildman–Crippen LogP) is 3.69. The molecule has 1 N–H and O–H groups in total. The highest BCUT2D eigenvalue weighted by Gasteiger charge is 2.23. The first-order valence-corrected chi connectivity index (χ1v) is 7.41. The summed E-state index contributed by atoms with van der Waals surface area (Å²) in [7, 11) is 0. The lowest BCUT2D eigenvalue weighted by molar-refractivity contribution is 0.0652. The van der Waals surface area contributed by atoms with Crippen molar-refractivity contribution in [3.63, 3.8) is 0 Å². The number of nitrogens with one attached hydrogen (secondary N) is 1. The Labute approximate surface area is 117 Å². The monoisotopic (exact) mass is 261 g/mol. The van der Waals surface area contributed by atoms with E-state index in [1.54, 1.807) is 0 Å². The number of rotatable bonds is 2. The Kier molecular flexibility index (Phi) is 4.64. The summed E-state index contributed by atoms with van der Waals surface area (Å²) < 4.78 is 6.11. The molecule has 1 saturated heterocycles. The fraction of sp³-hybridized carbons (Fsp3) is 0.647. The average molecular weight is 261 g/mol. The second-order valence-electron chi connectivity index (χ2n) is 6.22. The molecule has 19 heavy (non-hydrogen) atoms. The van der Waals surface area contributed by atoms with Crippen molar-refractivity contribution in [1.82, 2.24) is 5.32 Å². The smallest absolute Gasteiger partial charge is 0.0954 e. The molecule has 1 heterocycles. The minimum Gasteiger partial charge on any atom is -0.372 e. The molecule has 2 rings (SSSR count). The molecule has 2 heteroatoms. The summed E-state index contributed by atoms with van der Waals surface area (Å²) in [6.07, 6.45) is 1.31. The molecule has 1 aliphatic rings. The summed E-state index contributed by atoms with van der Waals surface area (Å²) >= 11 is 0. The summed E-state index contributed by atoms with van der Waals surface area (Å²) in [4.78, 5) is 0. The number of hydrogen-bond acceptors (Lipinski definition) is 2. The Morgan fingerprint density at radius 3 is 2.37 bits per heavy atom. The van der Waals surface area contributed by atoms with Gasteiger partial charge in [0.1, 0.15) is 0 Å². The first kappa shape index (κ1) is 14.5. The van der Waals surface area contributed by atoms with Gasteiger partial charge in [-0.25, -0.2) is 0 Å². The largest absolute Gasteiger partial charge is 0.372 e. The van der Waals surface area contributed by atoms with Crippen LogP contribution in [0.1, 0.15) is 48.6 Å². The predicted molar refractivity (Wildman–Crippen MR) is 80.6 cm³/mol. The second kappa shape index (κ2) is 6.06. The Morgan fingerprint density at radius 2 is 1.79 bits per heavy atom. The van der Waals surface area contributed by atoms with Crippen LogP contribution < -0.4 is 5.32 Å². The van der Waals surface area contributed by atoms with E-state index in [9.17, 15) is 0 Å². The SMILES string of the molecule is Cc1cc(C)c(C2CNC(C(C)C)CCO2)c(C)c1. The summed E-state index contributed by atoms with van der Waals surface area (Å²) in [5.74, 6) is 0.669. The van der Waals surface area contributed by atoms with Gasteiger partial charge in [0, 0.05) is 19.2 Å². The quantitative estimate of drug-likeness (QED) is 0.876. The van der Waals surface area contributed by atoms with Gasteiger partial charge in [-0.3, -0.25) is 0 Å². The highest BCUT2D eigenvalue weighted by Crippen LogP contribution is 2.28. The maximum absolute atomic E-state index is 6.11.